The lowest BCUT2D eigenvalue weighted by molar-refractivity contribution is -0.138. The van der Waals surface area contributed by atoms with Crippen LogP contribution in [0.15, 0.2) is 36.5 Å². The van der Waals surface area contributed by atoms with Gasteiger partial charge in [-0.3, -0.25) is 0 Å². The fourth-order valence-corrected chi connectivity index (χ4v) is 1.82. The van der Waals surface area contributed by atoms with Gasteiger partial charge in [0.25, 0.3) is 0 Å². The van der Waals surface area contributed by atoms with Crippen LogP contribution in [0.1, 0.15) is 15.9 Å². The fourth-order valence-electron chi connectivity index (χ4n) is 1.82. The summed E-state index contributed by atoms with van der Waals surface area (Å²) in [5.41, 5.74) is -1.15. The number of benzene rings is 1. The molecule has 21 heavy (non-hydrogen) atoms. The van der Waals surface area contributed by atoms with Gasteiger partial charge in [-0.1, -0.05) is 6.07 Å². The molecule has 0 atom stereocenters. The van der Waals surface area contributed by atoms with Gasteiger partial charge in [0.1, 0.15) is 0 Å². The second-order valence-electron chi connectivity index (χ2n) is 4.15. The third kappa shape index (κ3) is 3.13. The number of ether oxygens (including phenoxy) is 1. The zero-order valence-electron chi connectivity index (χ0n) is 10.8. The summed E-state index contributed by atoms with van der Waals surface area (Å²) in [6, 6.07) is 6.06. The number of pyridine rings is 1. The first-order chi connectivity index (χ1) is 9.82. The summed E-state index contributed by atoms with van der Waals surface area (Å²) in [6.45, 7) is 0. The van der Waals surface area contributed by atoms with Crippen molar-refractivity contribution in [3.05, 3.63) is 47.7 Å². The van der Waals surface area contributed by atoms with Gasteiger partial charge in [0, 0.05) is 17.8 Å². The SMILES string of the molecule is COc1ccc(-c2ccc(C(F)(F)F)c(C(=O)O)c2)cn1. The van der Waals surface area contributed by atoms with E-state index in [2.05, 4.69) is 4.98 Å². The Morgan fingerprint density at radius 1 is 1.19 bits per heavy atom. The quantitative estimate of drug-likeness (QED) is 0.942. The minimum Gasteiger partial charge on any atom is -0.481 e. The molecule has 0 saturated carbocycles. The van der Waals surface area contributed by atoms with Crippen LogP contribution in [0.5, 0.6) is 5.88 Å². The topological polar surface area (TPSA) is 59.4 Å². The molecule has 0 spiro atoms. The van der Waals surface area contributed by atoms with Crippen molar-refractivity contribution in [1.82, 2.24) is 4.98 Å². The Morgan fingerprint density at radius 3 is 2.33 bits per heavy atom. The maximum Gasteiger partial charge on any atom is 0.417 e. The Bertz CT molecular complexity index is 666. The van der Waals surface area contributed by atoms with Crippen LogP contribution in [0.25, 0.3) is 11.1 Å². The van der Waals surface area contributed by atoms with E-state index in [-0.39, 0.29) is 0 Å². The van der Waals surface area contributed by atoms with E-state index in [1.54, 1.807) is 6.07 Å². The van der Waals surface area contributed by atoms with Crippen LogP contribution in [0.3, 0.4) is 0 Å². The van der Waals surface area contributed by atoms with E-state index < -0.39 is 23.3 Å². The molecule has 0 fully saturated rings. The standard InChI is InChI=1S/C14H10F3NO3/c1-21-12-5-3-9(7-18-12)8-2-4-11(14(15,16)17)10(6-8)13(19)20/h2-7H,1H3,(H,19,20). The monoisotopic (exact) mass is 297 g/mol. The van der Waals surface area contributed by atoms with Crippen LogP contribution in [0.2, 0.25) is 0 Å². The zero-order valence-corrected chi connectivity index (χ0v) is 10.8. The molecule has 0 aliphatic heterocycles. The molecule has 1 aromatic heterocycles. The summed E-state index contributed by atoms with van der Waals surface area (Å²) in [5, 5.41) is 8.95. The third-order valence-corrected chi connectivity index (χ3v) is 2.83. The Kier molecular flexibility index (Phi) is 3.84. The van der Waals surface area contributed by atoms with Crippen molar-refractivity contribution in [2.75, 3.05) is 7.11 Å². The molecular weight excluding hydrogens is 287 g/mol. The van der Waals surface area contributed by atoms with Crippen molar-refractivity contribution in [2.24, 2.45) is 0 Å². The number of hydrogen-bond donors (Lipinski definition) is 1. The Balaban J connectivity index is 2.51. The molecule has 0 unspecified atom stereocenters. The highest BCUT2D eigenvalue weighted by Crippen LogP contribution is 2.34. The van der Waals surface area contributed by atoms with E-state index in [0.717, 1.165) is 12.1 Å². The third-order valence-electron chi connectivity index (χ3n) is 2.83. The van der Waals surface area contributed by atoms with Crippen molar-refractivity contribution in [2.45, 2.75) is 6.18 Å². The summed E-state index contributed by atoms with van der Waals surface area (Å²) < 4.78 is 43.1. The van der Waals surface area contributed by atoms with E-state index in [9.17, 15) is 18.0 Å². The summed E-state index contributed by atoms with van der Waals surface area (Å²) >= 11 is 0. The summed E-state index contributed by atoms with van der Waals surface area (Å²) in [7, 11) is 1.43. The summed E-state index contributed by atoms with van der Waals surface area (Å²) in [5.74, 6) is -1.28. The molecule has 1 heterocycles. The van der Waals surface area contributed by atoms with Crippen molar-refractivity contribution >= 4 is 5.97 Å². The number of alkyl halides is 3. The minimum atomic E-state index is -4.72. The molecule has 1 aromatic carbocycles. The first-order valence-corrected chi connectivity index (χ1v) is 5.78. The van der Waals surface area contributed by atoms with Crippen molar-refractivity contribution in [1.29, 1.82) is 0 Å². The van der Waals surface area contributed by atoms with Crippen molar-refractivity contribution in [3.8, 4) is 17.0 Å². The molecule has 110 valence electrons. The van der Waals surface area contributed by atoms with Crippen molar-refractivity contribution in [3.63, 3.8) is 0 Å². The Labute approximate surface area is 117 Å². The molecule has 0 aliphatic rings. The maximum absolute atomic E-state index is 12.7. The molecular formula is C14H10F3NO3. The molecule has 1 N–H and O–H groups in total. The van der Waals surface area contributed by atoms with Crippen LogP contribution in [0, 0.1) is 0 Å². The zero-order chi connectivity index (χ0) is 15.6. The number of carboxylic acids is 1. The fraction of sp³-hybridized carbons (Fsp3) is 0.143. The first-order valence-electron chi connectivity index (χ1n) is 5.78. The van der Waals surface area contributed by atoms with Gasteiger partial charge in [-0.25, -0.2) is 9.78 Å². The van der Waals surface area contributed by atoms with Gasteiger partial charge in [-0.15, -0.1) is 0 Å². The van der Waals surface area contributed by atoms with E-state index in [1.165, 1.54) is 25.4 Å². The Morgan fingerprint density at radius 2 is 1.86 bits per heavy atom. The molecule has 0 aliphatic carbocycles. The number of methoxy groups -OCH3 is 1. The van der Waals surface area contributed by atoms with Crippen LogP contribution in [-0.4, -0.2) is 23.2 Å². The molecule has 0 radical (unpaired) electrons. The van der Waals surface area contributed by atoms with Gasteiger partial charge in [-0.2, -0.15) is 13.2 Å². The minimum absolute atomic E-state index is 0.329. The number of aromatic nitrogens is 1. The van der Waals surface area contributed by atoms with Crippen LogP contribution in [-0.2, 0) is 6.18 Å². The highest BCUT2D eigenvalue weighted by molar-refractivity contribution is 5.91. The van der Waals surface area contributed by atoms with E-state index >= 15 is 0 Å². The molecule has 0 bridgehead atoms. The number of carboxylic acid groups (broad SMARTS) is 1. The molecule has 2 rings (SSSR count). The van der Waals surface area contributed by atoms with Gasteiger partial charge in [0.05, 0.1) is 18.2 Å². The summed E-state index contributed by atoms with van der Waals surface area (Å²) in [4.78, 5) is 14.9. The number of nitrogens with zero attached hydrogens (tertiary/aromatic N) is 1. The van der Waals surface area contributed by atoms with Crippen LogP contribution in [0.4, 0.5) is 13.2 Å². The first kappa shape index (κ1) is 14.8. The highest BCUT2D eigenvalue weighted by atomic mass is 19.4. The van der Waals surface area contributed by atoms with Gasteiger partial charge >= 0.3 is 12.1 Å². The van der Waals surface area contributed by atoms with Crippen molar-refractivity contribution < 1.29 is 27.8 Å². The summed E-state index contributed by atoms with van der Waals surface area (Å²) in [6.07, 6.45) is -3.32. The lowest BCUT2D eigenvalue weighted by atomic mass is 10.00. The Hall–Kier alpha value is -2.57. The number of hydrogen-bond acceptors (Lipinski definition) is 3. The maximum atomic E-state index is 12.7. The highest BCUT2D eigenvalue weighted by Gasteiger charge is 2.35. The van der Waals surface area contributed by atoms with Crippen LogP contribution >= 0.6 is 0 Å². The molecule has 0 amide bonds. The smallest absolute Gasteiger partial charge is 0.417 e. The predicted molar refractivity (Wildman–Crippen MR) is 68.2 cm³/mol. The molecule has 0 saturated heterocycles. The largest absolute Gasteiger partial charge is 0.481 e. The second-order valence-corrected chi connectivity index (χ2v) is 4.15. The number of rotatable bonds is 3. The van der Waals surface area contributed by atoms with Gasteiger partial charge in [0.15, 0.2) is 0 Å². The lowest BCUT2D eigenvalue weighted by Crippen LogP contribution is -2.12. The normalized spacial score (nSPS) is 11.2. The van der Waals surface area contributed by atoms with Gasteiger partial charge in [0.2, 0.25) is 5.88 Å². The second kappa shape index (κ2) is 5.43. The van der Waals surface area contributed by atoms with E-state index in [1.807, 2.05) is 0 Å². The molecule has 4 nitrogen and oxygen atoms in total. The lowest BCUT2D eigenvalue weighted by Gasteiger charge is -2.12. The number of carbonyl (C=O) groups is 1. The number of aromatic carboxylic acids is 1. The van der Waals surface area contributed by atoms with Gasteiger partial charge in [-0.05, 0) is 23.8 Å². The average Bonchev–Trinajstić information content (AvgIpc) is 2.45. The van der Waals surface area contributed by atoms with E-state index in [4.69, 9.17) is 9.84 Å². The number of halogens is 3. The average molecular weight is 297 g/mol. The molecule has 7 heteroatoms. The van der Waals surface area contributed by atoms with Gasteiger partial charge < -0.3 is 9.84 Å². The predicted octanol–water partition coefficient (Wildman–Crippen LogP) is 3.47. The molecule has 2 aromatic rings. The van der Waals surface area contributed by atoms with Crippen LogP contribution < -0.4 is 4.74 Å². The van der Waals surface area contributed by atoms with E-state index in [0.29, 0.717) is 17.0 Å².